The van der Waals surface area contributed by atoms with Gasteiger partial charge >= 0.3 is 0 Å². The molecule has 8 rings (SSSR count). The van der Waals surface area contributed by atoms with Gasteiger partial charge in [-0.3, -0.25) is 9.78 Å². The Balaban J connectivity index is 0.000000172. The van der Waals surface area contributed by atoms with Gasteiger partial charge in [0, 0.05) is 54.4 Å². The monoisotopic (exact) mass is 757 g/mol. The van der Waals surface area contributed by atoms with Crippen molar-refractivity contribution in [2.45, 2.75) is 6.92 Å². The van der Waals surface area contributed by atoms with Crippen LogP contribution < -0.4 is 25.0 Å². The molecule has 10 nitrogen and oxygen atoms in total. The summed E-state index contributed by atoms with van der Waals surface area (Å²) in [5.41, 5.74) is 12.2. The number of hydrogen-bond donors (Lipinski definition) is 1. The van der Waals surface area contributed by atoms with Crippen LogP contribution in [0.15, 0.2) is 121 Å². The summed E-state index contributed by atoms with van der Waals surface area (Å²) < 4.78 is 48.3. The van der Waals surface area contributed by atoms with Gasteiger partial charge in [0.1, 0.15) is 40.3 Å². The molecule has 4 aromatic carbocycles. The number of amides is 1. The van der Waals surface area contributed by atoms with E-state index in [0.29, 0.717) is 41.9 Å². The van der Waals surface area contributed by atoms with Crippen molar-refractivity contribution < 1.29 is 32.5 Å². The van der Waals surface area contributed by atoms with E-state index in [0.717, 1.165) is 67.6 Å². The summed E-state index contributed by atoms with van der Waals surface area (Å²) in [6, 6.07) is 34.8. The molecule has 0 spiro atoms. The Morgan fingerprint density at radius 1 is 0.571 bits per heavy atom. The van der Waals surface area contributed by atoms with Gasteiger partial charge in [0.2, 0.25) is 0 Å². The molecular weight excluding hydrogens is 717 g/mol. The van der Waals surface area contributed by atoms with Crippen LogP contribution in [0.4, 0.5) is 20.2 Å². The molecule has 2 N–H and O–H groups in total. The first-order valence-electron chi connectivity index (χ1n) is 18.3. The predicted molar refractivity (Wildman–Crippen MR) is 212 cm³/mol. The normalized spacial score (nSPS) is 14.1. The first-order chi connectivity index (χ1) is 27.3. The molecule has 0 bridgehead atoms. The quantitative estimate of drug-likeness (QED) is 0.155. The van der Waals surface area contributed by atoms with Gasteiger partial charge in [-0.2, -0.15) is 0 Å². The number of carbonyl (C=O) groups is 1. The lowest BCUT2D eigenvalue weighted by Crippen LogP contribution is -2.36. The highest BCUT2D eigenvalue weighted by atomic mass is 19.1. The van der Waals surface area contributed by atoms with Crippen LogP contribution in [0.1, 0.15) is 16.2 Å². The smallest absolute Gasteiger partial charge is 0.267 e. The number of hydrogen-bond acceptors (Lipinski definition) is 9. The Hall–Kier alpha value is -6.37. The lowest BCUT2D eigenvalue weighted by atomic mass is 10.1. The molecule has 0 saturated carbocycles. The largest absolute Gasteiger partial charge is 0.457 e. The number of anilines is 2. The average Bonchev–Trinajstić information content (AvgIpc) is 3.23. The second kappa shape index (κ2) is 17.8. The molecule has 2 aliphatic rings. The predicted octanol–water partition coefficient (Wildman–Crippen LogP) is 8.44. The summed E-state index contributed by atoms with van der Waals surface area (Å²) >= 11 is 0. The standard InChI is InChI=1S/C22H20FN3O3.C22H21FN2O2/c23-16-3-7-19(8-4-16)29-18-5-1-15(2-6-18)20-13-17(14-21(25-20)22(24)27)26-9-11-28-12-10-26;1-16-14-19(25-10-12-26-13-11-25)15-22(24-16)17-2-6-20(7-3-17)27-21-8-4-18(23)5-9-21/h1-8,13-14H,9-12H2,(H2,24,27);2-9,14-15H,10-13H2,1H3. The molecule has 0 atom stereocenters. The SMILES string of the molecule is Cc1cc(N2CCOCC2)cc(-c2ccc(Oc3ccc(F)cc3)cc2)n1.NC(=O)c1cc(N2CCOCC2)cc(-c2ccc(Oc3ccc(F)cc3)cc2)n1. The van der Waals surface area contributed by atoms with Crippen LogP contribution >= 0.6 is 0 Å². The number of nitrogens with two attached hydrogens (primary N) is 1. The van der Waals surface area contributed by atoms with Gasteiger partial charge in [-0.15, -0.1) is 0 Å². The van der Waals surface area contributed by atoms with E-state index in [4.69, 9.17) is 24.7 Å². The molecule has 6 aromatic rings. The molecule has 286 valence electrons. The van der Waals surface area contributed by atoms with E-state index in [-0.39, 0.29) is 17.3 Å². The maximum Gasteiger partial charge on any atom is 0.267 e. The molecule has 1 amide bonds. The van der Waals surface area contributed by atoms with Crippen LogP contribution in [-0.4, -0.2) is 68.5 Å². The minimum absolute atomic E-state index is 0.218. The molecule has 2 aromatic heterocycles. The van der Waals surface area contributed by atoms with Gasteiger partial charge in [0.05, 0.1) is 37.8 Å². The number of benzene rings is 4. The van der Waals surface area contributed by atoms with Gasteiger partial charge in [-0.25, -0.2) is 13.8 Å². The number of carbonyl (C=O) groups excluding carboxylic acids is 1. The van der Waals surface area contributed by atoms with Crippen molar-refractivity contribution in [3.63, 3.8) is 0 Å². The van der Waals surface area contributed by atoms with Crippen LogP contribution in [-0.2, 0) is 9.47 Å². The number of ether oxygens (including phenoxy) is 4. The maximum absolute atomic E-state index is 13.0. The van der Waals surface area contributed by atoms with Crippen molar-refractivity contribution in [2.75, 3.05) is 62.4 Å². The third kappa shape index (κ3) is 10.0. The first-order valence-corrected chi connectivity index (χ1v) is 18.3. The van der Waals surface area contributed by atoms with Crippen LogP contribution in [0.2, 0.25) is 0 Å². The summed E-state index contributed by atoms with van der Waals surface area (Å²) in [5, 5.41) is 0. The lowest BCUT2D eigenvalue weighted by Gasteiger charge is -2.29. The number of aryl methyl sites for hydroxylation is 1. The van der Waals surface area contributed by atoms with E-state index in [1.54, 1.807) is 42.5 Å². The summed E-state index contributed by atoms with van der Waals surface area (Å²) in [4.78, 5) is 25.3. The Morgan fingerprint density at radius 2 is 0.946 bits per heavy atom. The van der Waals surface area contributed by atoms with E-state index >= 15 is 0 Å². The molecule has 2 saturated heterocycles. The van der Waals surface area contributed by atoms with E-state index in [1.165, 1.54) is 30.0 Å². The Labute approximate surface area is 324 Å². The summed E-state index contributed by atoms with van der Waals surface area (Å²) in [7, 11) is 0. The third-order valence-corrected chi connectivity index (χ3v) is 9.15. The number of rotatable bonds is 9. The zero-order chi connectivity index (χ0) is 38.9. The molecule has 0 aliphatic carbocycles. The van der Waals surface area contributed by atoms with Gasteiger partial charge in [-0.1, -0.05) is 0 Å². The van der Waals surface area contributed by atoms with E-state index in [1.807, 2.05) is 49.4 Å². The first kappa shape index (κ1) is 37.9. The molecule has 4 heterocycles. The van der Waals surface area contributed by atoms with Crippen molar-refractivity contribution in [3.05, 3.63) is 144 Å². The number of aromatic nitrogens is 2. The fraction of sp³-hybridized carbons (Fsp3) is 0.205. The van der Waals surface area contributed by atoms with E-state index in [9.17, 15) is 13.6 Å². The number of pyridine rings is 2. The van der Waals surface area contributed by atoms with Gasteiger partial charge in [-0.05, 0) is 128 Å². The number of halogens is 2. The van der Waals surface area contributed by atoms with Crippen LogP contribution in [0.25, 0.3) is 22.5 Å². The van der Waals surface area contributed by atoms with Crippen LogP contribution in [0, 0.1) is 18.6 Å². The minimum Gasteiger partial charge on any atom is -0.457 e. The van der Waals surface area contributed by atoms with Crippen LogP contribution in [0.5, 0.6) is 23.0 Å². The second-order valence-corrected chi connectivity index (χ2v) is 13.2. The molecule has 56 heavy (non-hydrogen) atoms. The number of morpholine rings is 2. The highest BCUT2D eigenvalue weighted by molar-refractivity contribution is 5.92. The van der Waals surface area contributed by atoms with Gasteiger partial charge in [0.15, 0.2) is 0 Å². The Kier molecular flexibility index (Phi) is 12.1. The molecule has 0 radical (unpaired) electrons. The zero-order valence-electron chi connectivity index (χ0n) is 30.9. The molecule has 2 fully saturated rings. The van der Waals surface area contributed by atoms with Gasteiger partial charge in [0.25, 0.3) is 5.91 Å². The lowest BCUT2D eigenvalue weighted by molar-refractivity contribution is 0.0995. The summed E-state index contributed by atoms with van der Waals surface area (Å²) in [6.07, 6.45) is 0. The highest BCUT2D eigenvalue weighted by Crippen LogP contribution is 2.30. The van der Waals surface area contributed by atoms with Crippen molar-refractivity contribution in [3.8, 4) is 45.5 Å². The fourth-order valence-electron chi connectivity index (χ4n) is 6.26. The van der Waals surface area contributed by atoms with Crippen molar-refractivity contribution >= 4 is 17.3 Å². The average molecular weight is 758 g/mol. The number of nitrogens with zero attached hydrogens (tertiary/aromatic N) is 4. The van der Waals surface area contributed by atoms with Crippen molar-refractivity contribution in [1.29, 1.82) is 0 Å². The highest BCUT2D eigenvalue weighted by Gasteiger charge is 2.17. The maximum atomic E-state index is 13.0. The zero-order valence-corrected chi connectivity index (χ0v) is 30.9. The second-order valence-electron chi connectivity index (χ2n) is 13.2. The van der Waals surface area contributed by atoms with E-state index < -0.39 is 5.91 Å². The van der Waals surface area contributed by atoms with Crippen LogP contribution in [0.3, 0.4) is 0 Å². The summed E-state index contributed by atoms with van der Waals surface area (Å²) in [5.74, 6) is 1.29. The summed E-state index contributed by atoms with van der Waals surface area (Å²) in [6.45, 7) is 8.08. The van der Waals surface area contributed by atoms with E-state index in [2.05, 4.69) is 31.9 Å². The minimum atomic E-state index is -0.572. The Bertz CT molecular complexity index is 2230. The van der Waals surface area contributed by atoms with Crippen molar-refractivity contribution in [2.24, 2.45) is 5.73 Å². The Morgan fingerprint density at radius 3 is 1.36 bits per heavy atom. The fourth-order valence-corrected chi connectivity index (χ4v) is 6.26. The number of primary amides is 1. The molecule has 12 heteroatoms. The molecule has 0 unspecified atom stereocenters. The van der Waals surface area contributed by atoms with Crippen molar-refractivity contribution in [1.82, 2.24) is 9.97 Å². The third-order valence-electron chi connectivity index (χ3n) is 9.15. The van der Waals surface area contributed by atoms with Gasteiger partial charge < -0.3 is 34.5 Å². The topological polar surface area (TPSA) is 112 Å². The molecule has 2 aliphatic heterocycles. The molecular formula is C44H41F2N5O5.